The summed E-state index contributed by atoms with van der Waals surface area (Å²) in [5.41, 5.74) is 4.75. The van der Waals surface area contributed by atoms with Crippen molar-refractivity contribution in [2.24, 2.45) is 0 Å². The van der Waals surface area contributed by atoms with Crippen molar-refractivity contribution < 1.29 is 28.5 Å². The van der Waals surface area contributed by atoms with Crippen molar-refractivity contribution in [1.29, 1.82) is 0 Å². The van der Waals surface area contributed by atoms with E-state index in [9.17, 15) is 0 Å². The minimum atomic E-state index is 0. The number of hydrogen-bond donors (Lipinski definition) is 1. The zero-order valence-electron chi connectivity index (χ0n) is 11.7. The lowest BCUT2D eigenvalue weighted by Gasteiger charge is -2.47. The molecule has 1 aromatic heterocycles. The quantitative estimate of drug-likeness (QED) is 0.505. The van der Waals surface area contributed by atoms with Gasteiger partial charge in [0.2, 0.25) is 0 Å². The molecule has 1 aromatic carbocycles. The highest BCUT2D eigenvalue weighted by molar-refractivity contribution is 5.85. The number of H-pyrrole nitrogens is 1. The Kier molecular flexibility index (Phi) is 2.98. The van der Waals surface area contributed by atoms with Crippen molar-refractivity contribution in [3.05, 3.63) is 35.5 Å². The Labute approximate surface area is 131 Å². The predicted molar refractivity (Wildman–Crippen MR) is 74.5 cm³/mol. The summed E-state index contributed by atoms with van der Waals surface area (Å²) in [6, 6.07) is 8.79. The molecule has 1 saturated heterocycles. The fraction of sp³-hybridized carbons (Fsp3) is 0.500. The number of fused-ring (bicyclic) bond motifs is 5. The molecule has 2 aromatic rings. The maximum absolute atomic E-state index is 3.74. The van der Waals surface area contributed by atoms with Crippen LogP contribution >= 0.6 is 0 Å². The van der Waals surface area contributed by atoms with Gasteiger partial charge >= 0.3 is 0 Å². The third-order valence-corrected chi connectivity index (χ3v) is 5.71. The van der Waals surface area contributed by atoms with Crippen LogP contribution in [-0.4, -0.2) is 29.6 Å². The number of hydrogen-bond acceptors (Lipinski definition) is 0. The highest BCUT2D eigenvalue weighted by Gasteiger charge is 2.54. The zero-order valence-corrected chi connectivity index (χ0v) is 13.8. The first-order chi connectivity index (χ1) is 8.64. The third kappa shape index (κ3) is 1.57. The van der Waals surface area contributed by atoms with E-state index >= 15 is 0 Å². The number of likely N-dealkylation sites (N-methyl/N-ethyl adjacent to an activating group) is 1. The number of benzene rings is 1. The minimum absolute atomic E-state index is 0. The van der Waals surface area contributed by atoms with Crippen LogP contribution in [0.5, 0.6) is 0 Å². The van der Waals surface area contributed by atoms with Crippen LogP contribution in [0.15, 0.2) is 24.3 Å². The van der Waals surface area contributed by atoms with E-state index in [1.54, 1.807) is 5.56 Å². The van der Waals surface area contributed by atoms with Crippen LogP contribution in [0, 0.1) is 0 Å². The van der Waals surface area contributed by atoms with Crippen molar-refractivity contribution in [2.75, 3.05) is 20.1 Å². The van der Waals surface area contributed by atoms with Crippen LogP contribution in [0.4, 0.5) is 0 Å². The van der Waals surface area contributed by atoms with Gasteiger partial charge in [0.1, 0.15) is 5.54 Å². The maximum atomic E-state index is 3.74. The lowest BCUT2D eigenvalue weighted by molar-refractivity contribution is -0.954. The summed E-state index contributed by atoms with van der Waals surface area (Å²) in [6.07, 6.45) is 3.91. The molecule has 0 radical (unpaired) electrons. The van der Waals surface area contributed by atoms with Gasteiger partial charge in [0.25, 0.3) is 0 Å². The first-order valence-corrected chi connectivity index (χ1v) is 7.09. The van der Waals surface area contributed by atoms with Crippen LogP contribution in [0.1, 0.15) is 31.0 Å². The standard InChI is InChI=1S/C16H21N2.HI/c1-16-9-5-10-18(16,2)11-8-13-12-6-3-4-7-14(12)17-15(13)16;/h3-4,6-7,17H,5,8-11H2,1-2H3;1H/q+1;/p-1. The molecule has 0 spiro atoms. The molecule has 2 unspecified atom stereocenters. The summed E-state index contributed by atoms with van der Waals surface area (Å²) in [5.74, 6) is 0. The number of para-hydroxylation sites is 1. The van der Waals surface area contributed by atoms with Crippen molar-refractivity contribution in [2.45, 2.75) is 31.7 Å². The molecular formula is C16H21IN2. The SMILES string of the molecule is CC12CCC[N+]1(C)CCc1c2[nH]c2ccccc12.[I-]. The van der Waals surface area contributed by atoms with Gasteiger partial charge in [0.05, 0.1) is 25.8 Å². The minimum Gasteiger partial charge on any atom is -1.00 e. The van der Waals surface area contributed by atoms with E-state index < -0.39 is 0 Å². The van der Waals surface area contributed by atoms with Crippen molar-refractivity contribution in [3.63, 3.8) is 0 Å². The summed E-state index contributed by atoms with van der Waals surface area (Å²) in [5, 5.41) is 1.45. The molecule has 2 atom stereocenters. The average molecular weight is 368 g/mol. The van der Waals surface area contributed by atoms with Crippen LogP contribution in [0.2, 0.25) is 0 Å². The second kappa shape index (κ2) is 4.22. The second-order valence-corrected chi connectivity index (χ2v) is 6.49. The molecule has 3 heterocycles. The number of aromatic amines is 1. The number of aromatic nitrogens is 1. The van der Waals surface area contributed by atoms with Gasteiger partial charge in [-0.2, -0.15) is 0 Å². The van der Waals surface area contributed by atoms with Gasteiger partial charge in [-0.05, 0) is 18.6 Å². The van der Waals surface area contributed by atoms with Gasteiger partial charge in [-0.25, -0.2) is 0 Å². The van der Waals surface area contributed by atoms with E-state index in [0.717, 1.165) is 0 Å². The van der Waals surface area contributed by atoms with Crippen LogP contribution < -0.4 is 24.0 Å². The van der Waals surface area contributed by atoms with E-state index in [1.165, 1.54) is 53.4 Å². The van der Waals surface area contributed by atoms with E-state index in [1.807, 2.05) is 0 Å². The molecule has 4 rings (SSSR count). The predicted octanol–water partition coefficient (Wildman–Crippen LogP) is 0.184. The molecule has 2 aliphatic rings. The number of nitrogens with one attached hydrogen (secondary N) is 1. The average Bonchev–Trinajstić information content (AvgIpc) is 2.88. The fourth-order valence-electron chi connectivity index (χ4n) is 4.32. The molecule has 19 heavy (non-hydrogen) atoms. The van der Waals surface area contributed by atoms with E-state index in [4.69, 9.17) is 0 Å². The Morgan fingerprint density at radius 3 is 2.84 bits per heavy atom. The summed E-state index contributed by atoms with van der Waals surface area (Å²) in [7, 11) is 2.45. The topological polar surface area (TPSA) is 15.8 Å². The molecule has 3 heteroatoms. The van der Waals surface area contributed by atoms with Gasteiger partial charge in [0, 0.05) is 30.2 Å². The molecule has 0 aliphatic carbocycles. The molecule has 1 N–H and O–H groups in total. The summed E-state index contributed by atoms with van der Waals surface area (Å²) in [6.45, 7) is 5.10. The first-order valence-electron chi connectivity index (χ1n) is 7.09. The van der Waals surface area contributed by atoms with Gasteiger partial charge in [-0.3, -0.25) is 0 Å². The first kappa shape index (κ1) is 13.4. The van der Waals surface area contributed by atoms with Gasteiger partial charge in [0.15, 0.2) is 0 Å². The van der Waals surface area contributed by atoms with Gasteiger partial charge in [-0.15, -0.1) is 0 Å². The molecule has 102 valence electrons. The lowest BCUT2D eigenvalue weighted by atomic mass is 9.84. The molecule has 0 bridgehead atoms. The third-order valence-electron chi connectivity index (χ3n) is 5.71. The van der Waals surface area contributed by atoms with Crippen LogP contribution in [0.3, 0.4) is 0 Å². The Morgan fingerprint density at radius 1 is 1.21 bits per heavy atom. The second-order valence-electron chi connectivity index (χ2n) is 6.49. The van der Waals surface area contributed by atoms with Crippen LogP contribution in [0.25, 0.3) is 10.9 Å². The summed E-state index contributed by atoms with van der Waals surface area (Å²) in [4.78, 5) is 3.74. The van der Waals surface area contributed by atoms with Crippen molar-refractivity contribution in [3.8, 4) is 0 Å². The highest BCUT2D eigenvalue weighted by atomic mass is 127. The Balaban J connectivity index is 0.00000110. The monoisotopic (exact) mass is 368 g/mol. The molecule has 0 saturated carbocycles. The summed E-state index contributed by atoms with van der Waals surface area (Å²) < 4.78 is 1.23. The smallest absolute Gasteiger partial charge is 0.137 e. The molecule has 1 fully saturated rings. The fourth-order valence-corrected chi connectivity index (χ4v) is 4.32. The van der Waals surface area contributed by atoms with Crippen molar-refractivity contribution >= 4 is 10.9 Å². The maximum Gasteiger partial charge on any atom is 0.137 e. The van der Waals surface area contributed by atoms with Crippen molar-refractivity contribution in [1.82, 2.24) is 4.98 Å². The zero-order chi connectivity index (χ0) is 12.4. The normalized spacial score (nSPS) is 32.7. The Bertz CT molecular complexity index is 633. The summed E-state index contributed by atoms with van der Waals surface area (Å²) >= 11 is 0. The Morgan fingerprint density at radius 2 is 2.00 bits per heavy atom. The highest BCUT2D eigenvalue weighted by Crippen LogP contribution is 2.48. The molecular weight excluding hydrogens is 347 g/mol. The van der Waals surface area contributed by atoms with E-state index in [-0.39, 0.29) is 24.0 Å². The molecule has 2 aliphatic heterocycles. The Hall–Kier alpha value is -0.550. The largest absolute Gasteiger partial charge is 1.00 e. The van der Waals surface area contributed by atoms with Gasteiger partial charge < -0.3 is 33.4 Å². The number of rotatable bonds is 0. The number of nitrogens with zero attached hydrogens (tertiary/aromatic N) is 1. The van der Waals surface area contributed by atoms with E-state index in [2.05, 4.69) is 43.2 Å². The molecule has 0 amide bonds. The number of quaternary nitrogens is 1. The molecule has 2 nitrogen and oxygen atoms in total. The van der Waals surface area contributed by atoms with E-state index in [0.29, 0.717) is 5.54 Å². The van der Waals surface area contributed by atoms with Gasteiger partial charge in [-0.1, -0.05) is 18.2 Å². The van der Waals surface area contributed by atoms with Crippen LogP contribution in [-0.2, 0) is 12.0 Å². The lowest BCUT2D eigenvalue weighted by Crippen LogP contribution is -3.00. The number of halogens is 1.